The van der Waals surface area contributed by atoms with Crippen molar-refractivity contribution in [3.05, 3.63) is 135 Å². The number of anilines is 2. The van der Waals surface area contributed by atoms with Crippen LogP contribution in [0.4, 0.5) is 20.3 Å². The lowest BCUT2D eigenvalue weighted by atomic mass is 9.84. The number of benzene rings is 3. The normalized spacial score (nSPS) is 17.7. The number of carbonyl (C=O) groups excluding carboxylic acids is 2. The van der Waals surface area contributed by atoms with Crippen LogP contribution < -0.4 is 15.2 Å². The molecule has 2 aliphatic rings. The first-order chi connectivity index (χ1) is 19.3. The fourth-order valence-corrected chi connectivity index (χ4v) is 5.78. The summed E-state index contributed by atoms with van der Waals surface area (Å²) in [5.41, 5.74) is -1.21. The van der Waals surface area contributed by atoms with Crippen molar-refractivity contribution in [2.24, 2.45) is 0 Å². The minimum absolute atomic E-state index is 0.00893. The minimum Gasteiger partial charge on any atom is -0.450 e. The highest BCUT2D eigenvalue weighted by molar-refractivity contribution is 6.24. The van der Waals surface area contributed by atoms with Crippen LogP contribution in [0.15, 0.2) is 94.3 Å². The van der Waals surface area contributed by atoms with Crippen molar-refractivity contribution in [1.82, 2.24) is 4.98 Å². The monoisotopic (exact) mass is 535 g/mol. The van der Waals surface area contributed by atoms with Crippen LogP contribution in [0.25, 0.3) is 11.0 Å². The number of fused-ring (bicyclic) bond motifs is 5. The van der Waals surface area contributed by atoms with Crippen LogP contribution in [-0.2, 0) is 16.9 Å². The Morgan fingerprint density at radius 1 is 0.925 bits per heavy atom. The summed E-state index contributed by atoms with van der Waals surface area (Å²) in [7, 11) is 0. The van der Waals surface area contributed by atoms with Crippen LogP contribution in [0.5, 0.6) is 0 Å². The number of aromatic nitrogens is 1. The molecule has 1 unspecified atom stereocenters. The topological polar surface area (TPSA) is 83.7 Å². The molecule has 7 nitrogen and oxygen atoms in total. The molecule has 5 aromatic rings. The van der Waals surface area contributed by atoms with E-state index >= 15 is 0 Å². The lowest BCUT2D eigenvalue weighted by Crippen LogP contribution is -2.54. The largest absolute Gasteiger partial charge is 0.450 e. The van der Waals surface area contributed by atoms with Gasteiger partial charge in [-0.3, -0.25) is 19.3 Å². The van der Waals surface area contributed by atoms with Crippen molar-refractivity contribution in [2.45, 2.75) is 19.0 Å². The standard InChI is InChI=1S/C31H19F2N3O4/c1-17-12-13-34-25(14-17)36-29(38)28-26(27(37)20-15-19(32)10-11-24(20)40-28)31(36)21-7-3-5-9-23(21)35(30(31)39)16-18-6-2-4-8-22(18)33/h2-15H,16H2,1H3. The van der Waals surface area contributed by atoms with Crippen molar-refractivity contribution >= 4 is 34.3 Å². The number of nitrogens with zero attached hydrogens (tertiary/aromatic N) is 3. The van der Waals surface area contributed by atoms with E-state index in [1.807, 2.05) is 0 Å². The van der Waals surface area contributed by atoms with Crippen LogP contribution >= 0.6 is 0 Å². The van der Waals surface area contributed by atoms with Gasteiger partial charge in [0, 0.05) is 17.3 Å². The van der Waals surface area contributed by atoms with Gasteiger partial charge in [0.05, 0.1) is 23.2 Å². The number of carbonyl (C=O) groups is 2. The maximum absolute atomic E-state index is 14.8. The molecule has 7 rings (SSSR count). The molecule has 2 amide bonds. The molecular formula is C31H19F2N3O4. The molecule has 0 saturated carbocycles. The quantitative estimate of drug-likeness (QED) is 0.316. The number of halogens is 2. The van der Waals surface area contributed by atoms with E-state index in [1.165, 1.54) is 28.1 Å². The fraction of sp³-hybridized carbons (Fsp3) is 0.0968. The second-order valence-electron chi connectivity index (χ2n) is 9.82. The molecule has 9 heteroatoms. The molecule has 0 saturated heterocycles. The van der Waals surface area contributed by atoms with Crippen molar-refractivity contribution in [1.29, 1.82) is 0 Å². The second-order valence-corrected chi connectivity index (χ2v) is 9.82. The lowest BCUT2D eigenvalue weighted by molar-refractivity contribution is -0.121. The van der Waals surface area contributed by atoms with Gasteiger partial charge < -0.3 is 9.32 Å². The predicted molar refractivity (Wildman–Crippen MR) is 143 cm³/mol. The van der Waals surface area contributed by atoms with Gasteiger partial charge in [0.1, 0.15) is 23.0 Å². The average molecular weight is 536 g/mol. The van der Waals surface area contributed by atoms with Crippen molar-refractivity contribution in [2.75, 3.05) is 9.80 Å². The van der Waals surface area contributed by atoms with Crippen molar-refractivity contribution in [3.63, 3.8) is 0 Å². The first-order valence-corrected chi connectivity index (χ1v) is 12.5. The Balaban J connectivity index is 1.58. The molecule has 196 valence electrons. The van der Waals surface area contributed by atoms with E-state index < -0.39 is 34.4 Å². The van der Waals surface area contributed by atoms with Crippen LogP contribution in [0.2, 0.25) is 0 Å². The van der Waals surface area contributed by atoms with E-state index in [4.69, 9.17) is 4.42 Å². The third kappa shape index (κ3) is 3.08. The number of hydrogen-bond acceptors (Lipinski definition) is 5. The Morgan fingerprint density at radius 2 is 1.70 bits per heavy atom. The fourth-order valence-electron chi connectivity index (χ4n) is 5.78. The average Bonchev–Trinajstić information content (AvgIpc) is 3.35. The zero-order valence-corrected chi connectivity index (χ0v) is 21.0. The van der Waals surface area contributed by atoms with Gasteiger partial charge >= 0.3 is 0 Å². The Labute approximate surface area is 225 Å². The van der Waals surface area contributed by atoms with E-state index in [0.29, 0.717) is 11.3 Å². The maximum atomic E-state index is 14.8. The highest BCUT2D eigenvalue weighted by Gasteiger charge is 2.66. The zero-order valence-electron chi connectivity index (χ0n) is 21.0. The van der Waals surface area contributed by atoms with Gasteiger partial charge in [-0.2, -0.15) is 0 Å². The van der Waals surface area contributed by atoms with Gasteiger partial charge in [-0.25, -0.2) is 13.8 Å². The van der Waals surface area contributed by atoms with Crippen LogP contribution in [0.1, 0.15) is 32.8 Å². The molecule has 0 aliphatic carbocycles. The highest BCUT2D eigenvalue weighted by atomic mass is 19.1. The zero-order chi connectivity index (χ0) is 27.8. The Kier molecular flexibility index (Phi) is 5.02. The SMILES string of the molecule is Cc1ccnc(N2C(=O)c3oc4ccc(F)cc4c(=O)c3C23C(=O)N(Cc2ccccc2F)c2ccccc23)c1. The van der Waals surface area contributed by atoms with Crippen LogP contribution in [0.3, 0.4) is 0 Å². The molecule has 4 heterocycles. The second kappa shape index (κ2) is 8.41. The lowest BCUT2D eigenvalue weighted by Gasteiger charge is -2.33. The maximum Gasteiger partial charge on any atom is 0.297 e. The molecule has 1 atom stereocenters. The summed E-state index contributed by atoms with van der Waals surface area (Å²) in [6.07, 6.45) is 1.50. The number of rotatable bonds is 3. The number of aryl methyl sites for hydroxylation is 1. The molecule has 0 N–H and O–H groups in total. The predicted octanol–water partition coefficient (Wildman–Crippen LogP) is 5.23. The smallest absolute Gasteiger partial charge is 0.297 e. The van der Waals surface area contributed by atoms with E-state index in [-0.39, 0.29) is 40.2 Å². The minimum atomic E-state index is -2.02. The first kappa shape index (κ1) is 23.9. The van der Waals surface area contributed by atoms with Crippen LogP contribution in [0, 0.1) is 18.6 Å². The highest BCUT2D eigenvalue weighted by Crippen LogP contribution is 2.54. The molecule has 0 fully saturated rings. The van der Waals surface area contributed by atoms with Gasteiger partial charge in [-0.05, 0) is 55.0 Å². The number of amides is 2. The Bertz CT molecular complexity index is 1970. The third-order valence-corrected chi connectivity index (χ3v) is 7.50. The van der Waals surface area contributed by atoms with Gasteiger partial charge in [0.25, 0.3) is 11.8 Å². The summed E-state index contributed by atoms with van der Waals surface area (Å²) >= 11 is 0. The molecule has 2 aliphatic heterocycles. The Hall–Kier alpha value is -5.18. The van der Waals surface area contributed by atoms with E-state index in [1.54, 1.807) is 61.5 Å². The van der Waals surface area contributed by atoms with Crippen molar-refractivity contribution in [3.8, 4) is 0 Å². The third-order valence-electron chi connectivity index (χ3n) is 7.50. The Morgan fingerprint density at radius 3 is 2.50 bits per heavy atom. The van der Waals surface area contributed by atoms with Gasteiger partial charge in [0.15, 0.2) is 11.0 Å². The summed E-state index contributed by atoms with van der Waals surface area (Å²) in [6.45, 7) is 1.65. The summed E-state index contributed by atoms with van der Waals surface area (Å²) < 4.78 is 35.0. The van der Waals surface area contributed by atoms with E-state index in [0.717, 1.165) is 17.7 Å². The van der Waals surface area contributed by atoms with Gasteiger partial charge in [0.2, 0.25) is 5.76 Å². The summed E-state index contributed by atoms with van der Waals surface area (Å²) in [5, 5.41) is -0.109. The van der Waals surface area contributed by atoms with E-state index in [2.05, 4.69) is 4.98 Å². The summed E-state index contributed by atoms with van der Waals surface area (Å²) in [4.78, 5) is 50.0. The molecule has 40 heavy (non-hydrogen) atoms. The molecular weight excluding hydrogens is 516 g/mol. The van der Waals surface area contributed by atoms with Gasteiger partial charge in [-0.15, -0.1) is 0 Å². The molecule has 2 aromatic heterocycles. The number of para-hydroxylation sites is 1. The number of pyridine rings is 1. The van der Waals surface area contributed by atoms with Gasteiger partial charge in [-0.1, -0.05) is 36.4 Å². The summed E-state index contributed by atoms with van der Waals surface area (Å²) in [5.74, 6) is -2.78. The molecule has 0 bridgehead atoms. The summed E-state index contributed by atoms with van der Waals surface area (Å²) in [6, 6.07) is 19.6. The van der Waals surface area contributed by atoms with Crippen molar-refractivity contribution < 1.29 is 22.8 Å². The number of hydrogen-bond donors (Lipinski definition) is 0. The molecule has 3 aromatic carbocycles. The molecule has 0 radical (unpaired) electrons. The molecule has 1 spiro atoms. The first-order valence-electron chi connectivity index (χ1n) is 12.5. The van der Waals surface area contributed by atoms with Crippen LogP contribution in [-0.4, -0.2) is 16.8 Å². The van der Waals surface area contributed by atoms with E-state index in [9.17, 15) is 23.2 Å².